The van der Waals surface area contributed by atoms with Gasteiger partial charge in [-0.2, -0.15) is 0 Å². The molecule has 1 aromatic carbocycles. The summed E-state index contributed by atoms with van der Waals surface area (Å²) >= 11 is 5.03. The number of ketones is 1. The van der Waals surface area contributed by atoms with Crippen molar-refractivity contribution in [3.05, 3.63) is 53.4 Å². The normalized spacial score (nSPS) is 18.1. The van der Waals surface area contributed by atoms with Crippen LogP contribution in [0.5, 0.6) is 0 Å². The Morgan fingerprint density at radius 2 is 2.14 bits per heavy atom. The number of carbonyl (C=O) groups excluding carboxylic acids is 2. The second kappa shape index (κ2) is 6.54. The quantitative estimate of drug-likeness (QED) is 0.489. The lowest BCUT2D eigenvalue weighted by molar-refractivity contribution is -0.127. The number of halogens is 1. The molecule has 0 atom stereocenters. The molecular weight excluding hydrogens is 289 g/mol. The van der Waals surface area contributed by atoms with Crippen LogP contribution in [0.4, 0.5) is 4.39 Å². The molecule has 0 saturated carbocycles. The number of benzene rings is 1. The topological polar surface area (TPSA) is 37.4 Å². The number of allylic oxidation sites excluding steroid dienone is 2. The van der Waals surface area contributed by atoms with Crippen molar-refractivity contribution >= 4 is 35.0 Å². The molecule has 0 unspecified atom stereocenters. The van der Waals surface area contributed by atoms with Crippen LogP contribution >= 0.6 is 12.2 Å². The van der Waals surface area contributed by atoms with Crippen LogP contribution in [0.25, 0.3) is 6.08 Å². The van der Waals surface area contributed by atoms with Crippen LogP contribution < -0.4 is 0 Å². The maximum absolute atomic E-state index is 13.0. The molecule has 3 nitrogen and oxygen atoms in total. The van der Waals surface area contributed by atoms with Gasteiger partial charge in [-0.25, -0.2) is 4.39 Å². The fourth-order valence-corrected chi connectivity index (χ4v) is 2.40. The van der Waals surface area contributed by atoms with Gasteiger partial charge >= 0.3 is 0 Å². The van der Waals surface area contributed by atoms with E-state index in [2.05, 4.69) is 0 Å². The second-order valence-corrected chi connectivity index (χ2v) is 5.01. The zero-order valence-electron chi connectivity index (χ0n) is 11.5. The summed E-state index contributed by atoms with van der Waals surface area (Å²) in [5.41, 5.74) is 0.767. The number of amides is 1. The first-order valence-electron chi connectivity index (χ1n) is 6.54. The maximum Gasteiger partial charge on any atom is 0.262 e. The first kappa shape index (κ1) is 15.3. The maximum atomic E-state index is 13.0. The molecule has 1 aliphatic rings. The van der Waals surface area contributed by atoms with Gasteiger partial charge in [-0.05, 0) is 30.7 Å². The fraction of sp³-hybridized carbons (Fsp3) is 0.188. The van der Waals surface area contributed by atoms with Crippen LogP contribution in [-0.4, -0.2) is 28.1 Å². The molecule has 5 heteroatoms. The van der Waals surface area contributed by atoms with Crippen LogP contribution in [0.3, 0.4) is 0 Å². The van der Waals surface area contributed by atoms with E-state index in [1.165, 1.54) is 23.1 Å². The fourth-order valence-electron chi connectivity index (χ4n) is 2.06. The summed E-state index contributed by atoms with van der Waals surface area (Å²) in [7, 11) is 0. The number of likely N-dealkylation sites (tertiary alicyclic amines) is 1. The highest BCUT2D eigenvalue weighted by Gasteiger charge is 2.31. The lowest BCUT2D eigenvalue weighted by atomic mass is 10.0. The van der Waals surface area contributed by atoms with Crippen LogP contribution in [0.15, 0.2) is 42.0 Å². The summed E-state index contributed by atoms with van der Waals surface area (Å²) in [5.74, 6) is -0.988. The molecule has 21 heavy (non-hydrogen) atoms. The van der Waals surface area contributed by atoms with Gasteiger partial charge in [0.2, 0.25) is 0 Å². The van der Waals surface area contributed by atoms with E-state index in [1.54, 1.807) is 31.2 Å². The van der Waals surface area contributed by atoms with E-state index in [-0.39, 0.29) is 29.5 Å². The van der Waals surface area contributed by atoms with Gasteiger partial charge in [-0.3, -0.25) is 9.59 Å². The molecule has 0 aromatic heterocycles. The highest BCUT2D eigenvalue weighted by Crippen LogP contribution is 2.17. The van der Waals surface area contributed by atoms with Gasteiger partial charge in [0, 0.05) is 6.54 Å². The largest absolute Gasteiger partial charge is 0.302 e. The Labute approximate surface area is 127 Å². The minimum Gasteiger partial charge on any atom is -0.302 e. The van der Waals surface area contributed by atoms with Gasteiger partial charge in [0.1, 0.15) is 5.82 Å². The van der Waals surface area contributed by atoms with E-state index < -0.39 is 0 Å². The van der Waals surface area contributed by atoms with Gasteiger partial charge in [-0.1, -0.05) is 36.5 Å². The Kier molecular flexibility index (Phi) is 4.75. The summed E-state index contributed by atoms with van der Waals surface area (Å²) in [5, 5.41) is 0. The van der Waals surface area contributed by atoms with Crippen LogP contribution in [-0.2, 0) is 9.59 Å². The van der Waals surface area contributed by atoms with Crippen molar-refractivity contribution in [2.24, 2.45) is 0 Å². The lowest BCUT2D eigenvalue weighted by Gasteiger charge is -2.26. The molecule has 0 spiro atoms. The number of hydrogen-bond donors (Lipinski definition) is 0. The Morgan fingerprint density at radius 3 is 2.81 bits per heavy atom. The zero-order chi connectivity index (χ0) is 15.4. The van der Waals surface area contributed by atoms with Crippen molar-refractivity contribution in [2.45, 2.75) is 13.3 Å². The lowest BCUT2D eigenvalue weighted by Crippen LogP contribution is -2.44. The average Bonchev–Trinajstić information content (AvgIpc) is 2.43. The molecule has 0 N–H and O–H groups in total. The SMILES string of the molecule is CCN1C(=O)/C(=C/C=C/c2cccc(F)c2)C(=O)CC1=S. The summed E-state index contributed by atoms with van der Waals surface area (Å²) in [4.78, 5) is 25.8. The van der Waals surface area contributed by atoms with Gasteiger partial charge < -0.3 is 4.90 Å². The Hall–Kier alpha value is -2.14. The van der Waals surface area contributed by atoms with E-state index in [4.69, 9.17) is 12.2 Å². The van der Waals surface area contributed by atoms with E-state index in [9.17, 15) is 14.0 Å². The van der Waals surface area contributed by atoms with Crippen molar-refractivity contribution in [1.82, 2.24) is 4.90 Å². The van der Waals surface area contributed by atoms with E-state index >= 15 is 0 Å². The highest BCUT2D eigenvalue weighted by atomic mass is 32.1. The van der Waals surface area contributed by atoms with E-state index in [0.29, 0.717) is 17.1 Å². The van der Waals surface area contributed by atoms with Gasteiger partial charge in [-0.15, -0.1) is 0 Å². The second-order valence-electron chi connectivity index (χ2n) is 4.54. The van der Waals surface area contributed by atoms with Crippen molar-refractivity contribution in [3.8, 4) is 0 Å². The molecule has 1 heterocycles. The monoisotopic (exact) mass is 303 g/mol. The summed E-state index contributed by atoms with van der Waals surface area (Å²) in [6.07, 6.45) is 4.75. The zero-order valence-corrected chi connectivity index (χ0v) is 12.3. The number of likely N-dealkylation sites (N-methyl/N-ethyl adjacent to an activating group) is 1. The Bertz CT molecular complexity index is 664. The molecule has 0 radical (unpaired) electrons. The van der Waals surface area contributed by atoms with Crippen molar-refractivity contribution in [1.29, 1.82) is 0 Å². The number of piperidine rings is 1. The number of Topliss-reactive ketones (excluding diaryl/α,β-unsaturated/α-hetero) is 1. The number of carbonyl (C=O) groups is 2. The molecule has 1 aromatic rings. The van der Waals surface area contributed by atoms with Gasteiger partial charge in [0.05, 0.1) is 17.0 Å². The van der Waals surface area contributed by atoms with E-state index in [1.807, 2.05) is 0 Å². The summed E-state index contributed by atoms with van der Waals surface area (Å²) in [6, 6.07) is 6.05. The summed E-state index contributed by atoms with van der Waals surface area (Å²) < 4.78 is 13.0. The minimum atomic E-state index is -0.373. The predicted octanol–water partition coefficient (Wildman–Crippen LogP) is 2.91. The minimum absolute atomic E-state index is 0.0779. The van der Waals surface area contributed by atoms with Crippen LogP contribution in [0.2, 0.25) is 0 Å². The molecule has 0 aliphatic carbocycles. The molecular formula is C16H14FNO2S. The van der Waals surface area contributed by atoms with Crippen molar-refractivity contribution in [3.63, 3.8) is 0 Å². The number of thiocarbonyl (C=S) groups is 1. The molecule has 1 saturated heterocycles. The molecule has 1 amide bonds. The average molecular weight is 303 g/mol. The Balaban J connectivity index is 2.21. The summed E-state index contributed by atoms with van der Waals surface area (Å²) in [6.45, 7) is 2.25. The smallest absolute Gasteiger partial charge is 0.262 e. The standard InChI is InChI=1S/C16H14FNO2S/c1-2-18-15(21)10-14(19)13(16(18)20)8-4-6-11-5-3-7-12(17)9-11/h3-9H,2,10H2,1H3/b6-4+,13-8+. The van der Waals surface area contributed by atoms with Gasteiger partial charge in [0.25, 0.3) is 5.91 Å². The molecule has 0 bridgehead atoms. The number of hydrogen-bond acceptors (Lipinski definition) is 3. The molecule has 1 fully saturated rings. The molecule has 2 rings (SSSR count). The third-order valence-electron chi connectivity index (χ3n) is 3.11. The molecule has 108 valence electrons. The van der Waals surface area contributed by atoms with Crippen molar-refractivity contribution in [2.75, 3.05) is 6.54 Å². The third-order valence-corrected chi connectivity index (χ3v) is 3.47. The van der Waals surface area contributed by atoms with Gasteiger partial charge in [0.15, 0.2) is 5.78 Å². The molecule has 1 aliphatic heterocycles. The Morgan fingerprint density at radius 1 is 1.38 bits per heavy atom. The van der Waals surface area contributed by atoms with Crippen molar-refractivity contribution < 1.29 is 14.0 Å². The van der Waals surface area contributed by atoms with E-state index in [0.717, 1.165) is 0 Å². The van der Waals surface area contributed by atoms with Crippen LogP contribution in [0.1, 0.15) is 18.9 Å². The highest BCUT2D eigenvalue weighted by molar-refractivity contribution is 7.80. The van der Waals surface area contributed by atoms with Crippen LogP contribution in [0, 0.1) is 5.82 Å². The first-order valence-corrected chi connectivity index (χ1v) is 6.95. The third kappa shape index (κ3) is 3.49. The first-order chi connectivity index (χ1) is 10.0. The number of nitrogens with zero attached hydrogens (tertiary/aromatic N) is 1. The number of rotatable bonds is 3. The predicted molar refractivity (Wildman–Crippen MR) is 83.1 cm³/mol.